The average molecular weight is 1380 g/mol. The molecule has 0 amide bonds. The smallest absolute Gasteiger partial charge is 0.462 e. The summed E-state index contributed by atoms with van der Waals surface area (Å²) < 4.78 is 68.5. The minimum Gasteiger partial charge on any atom is -0.462 e. The van der Waals surface area contributed by atoms with E-state index in [1.807, 2.05) is 0 Å². The summed E-state index contributed by atoms with van der Waals surface area (Å²) in [6, 6.07) is 0. The molecule has 0 saturated heterocycles. The average Bonchev–Trinajstić information content (AvgIpc) is 1.19. The molecule has 19 heteroatoms. The molecule has 3 unspecified atom stereocenters. The van der Waals surface area contributed by atoms with Crippen LogP contribution in [0, 0.1) is 17.8 Å². The van der Waals surface area contributed by atoms with Gasteiger partial charge < -0.3 is 33.8 Å². The lowest BCUT2D eigenvalue weighted by molar-refractivity contribution is -0.161. The Kier molecular flexibility index (Phi) is 64.3. The van der Waals surface area contributed by atoms with Gasteiger partial charge in [0, 0.05) is 25.7 Å². The number of aliphatic hydroxyl groups excluding tert-OH is 1. The summed E-state index contributed by atoms with van der Waals surface area (Å²) in [6.45, 7) is 11.9. The van der Waals surface area contributed by atoms with E-state index in [9.17, 15) is 43.2 Å². The van der Waals surface area contributed by atoms with E-state index in [4.69, 9.17) is 37.0 Å². The number of unbranched alkanes of at least 4 members (excludes halogenated alkanes) is 40. The second-order valence-corrected chi connectivity index (χ2v) is 31.1. The Hall–Kier alpha value is -1.94. The fourth-order valence-corrected chi connectivity index (χ4v) is 13.0. The number of phosphoric ester groups is 2. The van der Waals surface area contributed by atoms with Gasteiger partial charge in [0.2, 0.25) is 0 Å². The first kappa shape index (κ1) is 92.1. The molecule has 0 saturated carbocycles. The molecule has 0 aromatic rings. The van der Waals surface area contributed by atoms with E-state index >= 15 is 0 Å². The highest BCUT2D eigenvalue weighted by Gasteiger charge is 2.30. The molecule has 0 aromatic heterocycles. The van der Waals surface area contributed by atoms with Crippen molar-refractivity contribution in [3.8, 4) is 0 Å². The number of hydrogen-bond donors (Lipinski definition) is 3. The Bertz CT molecular complexity index is 1840. The Morgan fingerprint density at radius 3 is 0.809 bits per heavy atom. The number of hydrogen-bond acceptors (Lipinski definition) is 15. The van der Waals surface area contributed by atoms with E-state index in [0.717, 1.165) is 108 Å². The van der Waals surface area contributed by atoms with E-state index in [0.29, 0.717) is 25.7 Å². The maximum atomic E-state index is 13.1. The van der Waals surface area contributed by atoms with Crippen molar-refractivity contribution in [1.82, 2.24) is 0 Å². The van der Waals surface area contributed by atoms with Gasteiger partial charge in [0.15, 0.2) is 12.2 Å². The molecule has 558 valence electrons. The van der Waals surface area contributed by atoms with Crippen molar-refractivity contribution in [3.63, 3.8) is 0 Å². The van der Waals surface area contributed by atoms with Crippen molar-refractivity contribution >= 4 is 39.5 Å². The Morgan fingerprint density at radius 1 is 0.309 bits per heavy atom. The van der Waals surface area contributed by atoms with E-state index in [1.54, 1.807) is 0 Å². The van der Waals surface area contributed by atoms with Gasteiger partial charge in [-0.2, -0.15) is 0 Å². The van der Waals surface area contributed by atoms with Gasteiger partial charge in [-0.25, -0.2) is 9.13 Å². The van der Waals surface area contributed by atoms with Crippen LogP contribution in [-0.2, 0) is 65.4 Å². The van der Waals surface area contributed by atoms with Gasteiger partial charge in [-0.1, -0.05) is 331 Å². The Labute approximate surface area is 575 Å². The van der Waals surface area contributed by atoms with Crippen LogP contribution < -0.4 is 0 Å². The van der Waals surface area contributed by atoms with Crippen molar-refractivity contribution in [1.29, 1.82) is 0 Å². The zero-order valence-electron chi connectivity index (χ0n) is 61.4. The van der Waals surface area contributed by atoms with Crippen LogP contribution in [0.5, 0.6) is 0 Å². The highest BCUT2D eigenvalue weighted by molar-refractivity contribution is 7.47. The summed E-state index contributed by atoms with van der Waals surface area (Å²) in [5.74, 6) is 0.163. The molecule has 6 atom stereocenters. The van der Waals surface area contributed by atoms with Crippen molar-refractivity contribution in [2.45, 2.75) is 401 Å². The SMILES string of the molecule is CCCCCCCCCCCCCCCCCC(=O)OC[C@H](COP(=O)(O)OC[C@@H](O)COP(=O)(O)OC[C@@H](COC(=O)CCCCCCCCCCC(C)C)OC(=O)CCCCCCCCCCC(C)CC)OC(=O)CCCCCCCCCCCCCCCC(C)C. The van der Waals surface area contributed by atoms with Gasteiger partial charge in [0.1, 0.15) is 19.3 Å². The van der Waals surface area contributed by atoms with Crippen molar-refractivity contribution in [2.75, 3.05) is 39.6 Å². The van der Waals surface area contributed by atoms with Crippen LogP contribution in [0.4, 0.5) is 0 Å². The summed E-state index contributed by atoms with van der Waals surface area (Å²) in [4.78, 5) is 72.8. The van der Waals surface area contributed by atoms with Crippen LogP contribution in [0.1, 0.15) is 382 Å². The predicted octanol–water partition coefficient (Wildman–Crippen LogP) is 21.8. The Balaban J connectivity index is 5.26. The first-order valence-corrected chi connectivity index (χ1v) is 41.9. The molecular weight excluding hydrogens is 1230 g/mol. The number of esters is 4. The third kappa shape index (κ3) is 67.3. The number of ether oxygens (including phenoxy) is 4. The van der Waals surface area contributed by atoms with Crippen LogP contribution in [0.2, 0.25) is 0 Å². The van der Waals surface area contributed by atoms with Gasteiger partial charge >= 0.3 is 39.5 Å². The van der Waals surface area contributed by atoms with Crippen LogP contribution in [0.15, 0.2) is 0 Å². The molecular formula is C75H146O17P2. The monoisotopic (exact) mass is 1380 g/mol. The largest absolute Gasteiger partial charge is 0.472 e. The van der Waals surface area contributed by atoms with Gasteiger partial charge in [0.05, 0.1) is 26.4 Å². The molecule has 94 heavy (non-hydrogen) atoms. The van der Waals surface area contributed by atoms with E-state index < -0.39 is 97.5 Å². The minimum absolute atomic E-state index is 0.104. The number of carbonyl (C=O) groups excluding carboxylic acids is 4. The third-order valence-electron chi connectivity index (χ3n) is 17.7. The fourth-order valence-electron chi connectivity index (χ4n) is 11.4. The second-order valence-electron chi connectivity index (χ2n) is 28.2. The molecule has 0 bridgehead atoms. The van der Waals surface area contributed by atoms with E-state index in [1.165, 1.54) is 193 Å². The molecule has 0 aromatic carbocycles. The number of rotatable bonds is 73. The minimum atomic E-state index is -4.96. The van der Waals surface area contributed by atoms with E-state index in [2.05, 4.69) is 48.5 Å². The van der Waals surface area contributed by atoms with Gasteiger partial charge in [-0.3, -0.25) is 37.3 Å². The lowest BCUT2D eigenvalue weighted by Gasteiger charge is -2.21. The van der Waals surface area contributed by atoms with E-state index in [-0.39, 0.29) is 25.7 Å². The first-order valence-electron chi connectivity index (χ1n) is 38.9. The molecule has 3 N–H and O–H groups in total. The molecule has 0 fully saturated rings. The lowest BCUT2D eigenvalue weighted by Crippen LogP contribution is -2.30. The summed E-state index contributed by atoms with van der Waals surface area (Å²) in [7, 11) is -9.91. The van der Waals surface area contributed by atoms with Crippen LogP contribution in [0.3, 0.4) is 0 Å². The van der Waals surface area contributed by atoms with Crippen molar-refractivity contribution < 1.29 is 80.2 Å². The maximum absolute atomic E-state index is 13.1. The highest BCUT2D eigenvalue weighted by atomic mass is 31.2. The summed E-state index contributed by atoms with van der Waals surface area (Å²) >= 11 is 0. The highest BCUT2D eigenvalue weighted by Crippen LogP contribution is 2.45. The predicted molar refractivity (Wildman–Crippen MR) is 381 cm³/mol. The molecule has 0 rings (SSSR count). The molecule has 0 radical (unpaired) electrons. The second kappa shape index (κ2) is 65.7. The van der Waals surface area contributed by atoms with Crippen LogP contribution >= 0.6 is 15.6 Å². The number of aliphatic hydroxyl groups is 1. The molecule has 0 spiro atoms. The van der Waals surface area contributed by atoms with Crippen molar-refractivity contribution in [2.24, 2.45) is 17.8 Å². The molecule has 0 aliphatic rings. The van der Waals surface area contributed by atoms with Crippen LogP contribution in [-0.4, -0.2) is 96.7 Å². The topological polar surface area (TPSA) is 237 Å². The fraction of sp³-hybridized carbons (Fsp3) is 0.947. The van der Waals surface area contributed by atoms with Gasteiger partial charge in [-0.05, 0) is 43.4 Å². The zero-order valence-corrected chi connectivity index (χ0v) is 63.2. The molecule has 0 heterocycles. The maximum Gasteiger partial charge on any atom is 0.472 e. The normalized spacial score (nSPS) is 14.4. The zero-order chi connectivity index (χ0) is 69.4. The lowest BCUT2D eigenvalue weighted by atomic mass is 9.99. The molecule has 17 nitrogen and oxygen atoms in total. The Morgan fingerprint density at radius 2 is 0.543 bits per heavy atom. The van der Waals surface area contributed by atoms with Gasteiger partial charge in [-0.15, -0.1) is 0 Å². The molecule has 0 aliphatic carbocycles. The summed E-state index contributed by atoms with van der Waals surface area (Å²) in [6.07, 6.45) is 51.2. The van der Waals surface area contributed by atoms with Crippen molar-refractivity contribution in [3.05, 3.63) is 0 Å². The standard InChI is InChI=1S/C75H146O17P2/c1-8-10-11-12-13-14-15-16-17-20-23-26-35-42-49-56-72(77)85-62-70(91-74(79)58-51-44-37-27-24-21-18-19-22-25-32-39-46-53-66(3)4)64-89-93(81,82)87-60-69(76)61-88-94(83,84)90-65-71(63-86-73(78)57-50-43-36-30-28-33-40-47-54-67(5)6)92-75(80)59-52-45-38-31-29-34-41-48-55-68(7)9-2/h66-71,76H,8-65H2,1-7H3,(H,81,82)(H,83,84)/t68?,69-,70-,71-/m1/s1. The molecule has 0 aliphatic heterocycles. The first-order chi connectivity index (χ1) is 45.3. The summed E-state index contributed by atoms with van der Waals surface area (Å²) in [5.41, 5.74) is 0. The summed E-state index contributed by atoms with van der Waals surface area (Å²) in [5, 5.41) is 10.6. The van der Waals surface area contributed by atoms with Gasteiger partial charge in [0.25, 0.3) is 0 Å². The number of carbonyl (C=O) groups is 4. The quantitative estimate of drug-likeness (QED) is 0.0222. The van der Waals surface area contributed by atoms with Crippen LogP contribution in [0.25, 0.3) is 0 Å². The third-order valence-corrected chi connectivity index (χ3v) is 19.6. The number of phosphoric acid groups is 2.